The summed E-state index contributed by atoms with van der Waals surface area (Å²) in [6, 6.07) is 9.98. The van der Waals surface area contributed by atoms with Crippen LogP contribution in [0.5, 0.6) is 0 Å². The fourth-order valence-corrected chi connectivity index (χ4v) is 2.52. The summed E-state index contributed by atoms with van der Waals surface area (Å²) in [5.41, 5.74) is 3.54. The van der Waals surface area contributed by atoms with Crippen molar-refractivity contribution in [1.82, 2.24) is 29.9 Å². The highest BCUT2D eigenvalue weighted by Crippen LogP contribution is 2.15. The number of hydrogen-bond donors (Lipinski definition) is 1. The van der Waals surface area contributed by atoms with Crippen LogP contribution in [-0.4, -0.2) is 54.5 Å². The summed E-state index contributed by atoms with van der Waals surface area (Å²) >= 11 is 0. The first-order valence-electron chi connectivity index (χ1n) is 7.99. The Kier molecular flexibility index (Phi) is 4.44. The topological polar surface area (TPSA) is 111 Å². The number of rotatable bonds is 6. The molecule has 0 aliphatic carbocycles. The van der Waals surface area contributed by atoms with Gasteiger partial charge in [-0.2, -0.15) is 0 Å². The van der Waals surface area contributed by atoms with Crippen molar-refractivity contribution in [3.63, 3.8) is 0 Å². The summed E-state index contributed by atoms with van der Waals surface area (Å²) < 4.78 is 1.69. The third-order valence-electron chi connectivity index (χ3n) is 3.69. The SMILES string of the molecule is OCCO/N=C/c1cnc2nnn(Cc3ccc4ncccc4c3)c2n1. The van der Waals surface area contributed by atoms with Crippen LogP contribution in [0.25, 0.3) is 22.2 Å². The number of benzene rings is 1. The molecule has 3 aromatic heterocycles. The van der Waals surface area contributed by atoms with Crippen LogP contribution in [0.1, 0.15) is 11.3 Å². The molecular weight excluding hydrogens is 334 g/mol. The molecule has 3 heterocycles. The van der Waals surface area contributed by atoms with Crippen molar-refractivity contribution in [2.24, 2.45) is 5.16 Å². The van der Waals surface area contributed by atoms with Crippen molar-refractivity contribution in [2.75, 3.05) is 13.2 Å². The van der Waals surface area contributed by atoms with Crippen LogP contribution < -0.4 is 0 Å². The molecule has 1 N–H and O–H groups in total. The normalized spacial score (nSPS) is 11.6. The molecule has 130 valence electrons. The van der Waals surface area contributed by atoms with E-state index < -0.39 is 0 Å². The highest BCUT2D eigenvalue weighted by atomic mass is 16.6. The van der Waals surface area contributed by atoms with E-state index in [0.717, 1.165) is 16.5 Å². The fourth-order valence-electron chi connectivity index (χ4n) is 2.52. The molecule has 9 heteroatoms. The smallest absolute Gasteiger partial charge is 0.221 e. The quantitative estimate of drug-likeness (QED) is 0.316. The minimum absolute atomic E-state index is 0.0972. The Bertz CT molecular complexity index is 1080. The lowest BCUT2D eigenvalue weighted by atomic mass is 10.1. The third-order valence-corrected chi connectivity index (χ3v) is 3.69. The van der Waals surface area contributed by atoms with Crippen LogP contribution in [-0.2, 0) is 11.4 Å². The van der Waals surface area contributed by atoms with Gasteiger partial charge in [0.25, 0.3) is 0 Å². The molecule has 0 unspecified atom stereocenters. The maximum atomic E-state index is 8.67. The van der Waals surface area contributed by atoms with E-state index in [2.05, 4.69) is 36.5 Å². The highest BCUT2D eigenvalue weighted by molar-refractivity contribution is 5.80. The average molecular weight is 349 g/mol. The Morgan fingerprint density at radius 1 is 1.23 bits per heavy atom. The van der Waals surface area contributed by atoms with Gasteiger partial charge in [-0.25, -0.2) is 14.6 Å². The molecule has 0 aliphatic rings. The molecular formula is C17H15N7O2. The molecule has 0 bridgehead atoms. The Morgan fingerprint density at radius 3 is 3.12 bits per heavy atom. The van der Waals surface area contributed by atoms with Gasteiger partial charge in [-0.3, -0.25) is 4.98 Å². The van der Waals surface area contributed by atoms with Gasteiger partial charge >= 0.3 is 0 Å². The molecule has 0 amide bonds. The van der Waals surface area contributed by atoms with E-state index in [9.17, 15) is 0 Å². The molecule has 4 rings (SSSR count). The number of aliphatic hydroxyl groups is 1. The molecule has 0 saturated heterocycles. The first-order valence-corrected chi connectivity index (χ1v) is 7.99. The van der Waals surface area contributed by atoms with Gasteiger partial charge in [-0.1, -0.05) is 22.5 Å². The number of pyridine rings is 1. The van der Waals surface area contributed by atoms with Crippen molar-refractivity contribution in [3.05, 3.63) is 54.0 Å². The number of oxime groups is 1. The maximum Gasteiger partial charge on any atom is 0.221 e. The van der Waals surface area contributed by atoms with E-state index in [1.165, 1.54) is 12.4 Å². The van der Waals surface area contributed by atoms with Gasteiger partial charge in [-0.05, 0) is 23.8 Å². The van der Waals surface area contributed by atoms with Crippen LogP contribution in [0.2, 0.25) is 0 Å². The summed E-state index contributed by atoms with van der Waals surface area (Å²) in [5.74, 6) is 0. The maximum absolute atomic E-state index is 8.67. The Balaban J connectivity index is 1.61. The fraction of sp³-hybridized carbons (Fsp3) is 0.176. The number of nitrogens with zero attached hydrogens (tertiary/aromatic N) is 7. The van der Waals surface area contributed by atoms with Gasteiger partial charge in [-0.15, -0.1) is 5.10 Å². The van der Waals surface area contributed by atoms with Crippen LogP contribution >= 0.6 is 0 Å². The first-order chi connectivity index (χ1) is 12.8. The highest BCUT2D eigenvalue weighted by Gasteiger charge is 2.09. The number of aromatic nitrogens is 6. The van der Waals surface area contributed by atoms with Gasteiger partial charge < -0.3 is 9.94 Å². The minimum Gasteiger partial charge on any atom is -0.393 e. The lowest BCUT2D eigenvalue weighted by Gasteiger charge is -2.04. The van der Waals surface area contributed by atoms with E-state index in [1.807, 2.05) is 24.3 Å². The Hall–Kier alpha value is -3.46. The summed E-state index contributed by atoms with van der Waals surface area (Å²) in [4.78, 5) is 17.9. The van der Waals surface area contributed by atoms with Crippen molar-refractivity contribution >= 4 is 28.4 Å². The van der Waals surface area contributed by atoms with Crippen molar-refractivity contribution < 1.29 is 9.94 Å². The molecule has 0 saturated carbocycles. The van der Waals surface area contributed by atoms with Crippen LogP contribution in [0.3, 0.4) is 0 Å². The van der Waals surface area contributed by atoms with Crippen LogP contribution in [0.4, 0.5) is 0 Å². The second-order valence-electron chi connectivity index (χ2n) is 5.51. The van der Waals surface area contributed by atoms with Crippen molar-refractivity contribution in [2.45, 2.75) is 6.54 Å². The molecule has 26 heavy (non-hydrogen) atoms. The first kappa shape index (κ1) is 16.0. The zero-order valence-corrected chi connectivity index (χ0v) is 13.7. The number of hydrogen-bond acceptors (Lipinski definition) is 8. The molecule has 0 fully saturated rings. The summed E-state index contributed by atoms with van der Waals surface area (Å²) in [7, 11) is 0. The number of aliphatic hydroxyl groups excluding tert-OH is 1. The van der Waals surface area contributed by atoms with E-state index in [0.29, 0.717) is 23.5 Å². The lowest BCUT2D eigenvalue weighted by molar-refractivity contribution is 0.0997. The summed E-state index contributed by atoms with van der Waals surface area (Å²) in [6.45, 7) is 0.542. The monoisotopic (exact) mass is 349 g/mol. The molecule has 9 nitrogen and oxygen atoms in total. The molecule has 1 aromatic carbocycles. The van der Waals surface area contributed by atoms with Gasteiger partial charge in [0, 0.05) is 11.6 Å². The third kappa shape index (κ3) is 3.33. The van der Waals surface area contributed by atoms with E-state index >= 15 is 0 Å². The molecule has 4 aromatic rings. The van der Waals surface area contributed by atoms with Gasteiger partial charge in [0.1, 0.15) is 12.3 Å². The predicted molar refractivity (Wildman–Crippen MR) is 94.6 cm³/mol. The largest absolute Gasteiger partial charge is 0.393 e. The van der Waals surface area contributed by atoms with E-state index in [4.69, 9.17) is 9.94 Å². The van der Waals surface area contributed by atoms with E-state index in [1.54, 1.807) is 10.9 Å². The minimum atomic E-state index is -0.0972. The molecule has 0 aliphatic heterocycles. The second kappa shape index (κ2) is 7.19. The second-order valence-corrected chi connectivity index (χ2v) is 5.51. The summed E-state index contributed by atoms with van der Waals surface area (Å²) in [6.07, 6.45) is 4.74. The van der Waals surface area contributed by atoms with Crippen LogP contribution in [0.15, 0.2) is 47.9 Å². The lowest BCUT2D eigenvalue weighted by Crippen LogP contribution is -2.04. The van der Waals surface area contributed by atoms with E-state index in [-0.39, 0.29) is 13.2 Å². The Morgan fingerprint density at radius 2 is 2.19 bits per heavy atom. The average Bonchev–Trinajstić information content (AvgIpc) is 3.07. The zero-order valence-electron chi connectivity index (χ0n) is 13.7. The Labute approximate surface area is 148 Å². The molecule has 0 radical (unpaired) electrons. The molecule has 0 spiro atoms. The molecule has 0 atom stereocenters. The standard InChI is InChI=1S/C17H15N7O2/c25-6-7-26-20-10-14-9-19-16-17(21-14)24(23-22-16)11-12-3-4-15-13(8-12)2-1-5-18-15/h1-5,8-10,25H,6-7,11H2/b20-10+. The van der Waals surface area contributed by atoms with Gasteiger partial charge in [0.2, 0.25) is 5.65 Å². The summed E-state index contributed by atoms with van der Waals surface area (Å²) in [5, 5.41) is 21.6. The number of fused-ring (bicyclic) bond motifs is 2. The zero-order chi connectivity index (χ0) is 17.8. The van der Waals surface area contributed by atoms with Crippen LogP contribution in [0, 0.1) is 0 Å². The van der Waals surface area contributed by atoms with Crippen molar-refractivity contribution in [1.29, 1.82) is 0 Å². The van der Waals surface area contributed by atoms with Crippen molar-refractivity contribution in [3.8, 4) is 0 Å². The van der Waals surface area contributed by atoms with Gasteiger partial charge in [0.05, 0.1) is 31.1 Å². The predicted octanol–water partition coefficient (Wildman–Crippen LogP) is 1.16. The van der Waals surface area contributed by atoms with Gasteiger partial charge in [0.15, 0.2) is 5.65 Å².